The molecule has 1 N–H and O–H groups in total. The van der Waals surface area contributed by atoms with Crippen LogP contribution in [0.3, 0.4) is 0 Å². The van der Waals surface area contributed by atoms with Crippen LogP contribution in [-0.2, 0) is 5.66 Å². The van der Waals surface area contributed by atoms with Gasteiger partial charge in [0.05, 0.1) is 4.88 Å². The van der Waals surface area contributed by atoms with E-state index in [2.05, 4.69) is 0 Å². The highest BCUT2D eigenvalue weighted by Gasteiger charge is 2.54. The Morgan fingerprint density at radius 2 is 1.95 bits per heavy atom. The van der Waals surface area contributed by atoms with E-state index in [1.807, 2.05) is 54.8 Å². The van der Waals surface area contributed by atoms with Gasteiger partial charge in [-0.2, -0.15) is 4.74 Å². The Morgan fingerprint density at radius 3 is 2.55 bits per heavy atom. The first-order chi connectivity index (χ1) is 9.56. The van der Waals surface area contributed by atoms with Gasteiger partial charge in [-0.3, -0.25) is 0 Å². The molecular formula is C15H16N2O2S. The molecule has 4 nitrogen and oxygen atoms in total. The first-order valence-electron chi connectivity index (χ1n) is 6.48. The zero-order valence-corrected chi connectivity index (χ0v) is 12.2. The average Bonchev–Trinajstić information content (AvgIpc) is 3.05. The lowest BCUT2D eigenvalue weighted by molar-refractivity contribution is -0.594. The van der Waals surface area contributed by atoms with Crippen molar-refractivity contribution in [2.24, 2.45) is 0 Å². The highest BCUT2D eigenvalue weighted by Crippen LogP contribution is 2.38. The fraction of sp³-hybridized carbons (Fsp3) is 0.267. The number of benzene rings is 1. The van der Waals surface area contributed by atoms with Crippen LogP contribution in [0.1, 0.15) is 24.3 Å². The van der Waals surface area contributed by atoms with Crippen molar-refractivity contribution in [3.8, 4) is 0 Å². The van der Waals surface area contributed by atoms with Crippen LogP contribution >= 0.6 is 11.3 Å². The lowest BCUT2D eigenvalue weighted by Crippen LogP contribution is -2.45. The molecule has 2 atom stereocenters. The molecule has 2 heterocycles. The van der Waals surface area contributed by atoms with Crippen molar-refractivity contribution < 1.29 is 9.95 Å². The molecule has 3 rings (SSSR count). The largest absolute Gasteiger partial charge is 0.622 e. The van der Waals surface area contributed by atoms with Crippen molar-refractivity contribution in [3.63, 3.8) is 0 Å². The number of hydroxylamine groups is 3. The van der Waals surface area contributed by atoms with Crippen LogP contribution in [0, 0.1) is 5.21 Å². The van der Waals surface area contributed by atoms with Crippen LogP contribution < -0.4 is 0 Å². The number of thiophene rings is 1. The second-order valence-corrected chi connectivity index (χ2v) is 6.01. The molecule has 0 unspecified atom stereocenters. The minimum atomic E-state index is -1.07. The second kappa shape index (κ2) is 4.70. The highest BCUT2D eigenvalue weighted by atomic mass is 32.1. The summed E-state index contributed by atoms with van der Waals surface area (Å²) in [5.41, 5.74) is 0.358. The molecule has 0 amide bonds. The Hall–Kier alpha value is -1.69. The summed E-state index contributed by atoms with van der Waals surface area (Å²) in [6.07, 6.45) is 0. The first-order valence-corrected chi connectivity index (χ1v) is 7.36. The molecule has 5 heteroatoms. The van der Waals surface area contributed by atoms with Crippen molar-refractivity contribution in [3.05, 3.63) is 63.5 Å². The van der Waals surface area contributed by atoms with Gasteiger partial charge >= 0.3 is 0 Å². The summed E-state index contributed by atoms with van der Waals surface area (Å²) >= 11 is 1.47. The Morgan fingerprint density at radius 1 is 1.25 bits per heavy atom. The predicted molar refractivity (Wildman–Crippen MR) is 78.9 cm³/mol. The summed E-state index contributed by atoms with van der Waals surface area (Å²) in [4.78, 5) is 0.827. The lowest BCUT2D eigenvalue weighted by atomic mass is 10.1. The highest BCUT2D eigenvalue weighted by molar-refractivity contribution is 7.10. The molecule has 20 heavy (non-hydrogen) atoms. The van der Waals surface area contributed by atoms with Gasteiger partial charge in [0.25, 0.3) is 5.66 Å². The number of hydrogen-bond donors (Lipinski definition) is 1. The molecular weight excluding hydrogens is 272 g/mol. The summed E-state index contributed by atoms with van der Waals surface area (Å²) in [6, 6.07) is 12.9. The minimum Gasteiger partial charge on any atom is -0.622 e. The molecule has 0 spiro atoms. The predicted octanol–water partition coefficient (Wildman–Crippen LogP) is 3.01. The normalized spacial score (nSPS) is 27.2. The zero-order valence-electron chi connectivity index (χ0n) is 11.4. The monoisotopic (exact) mass is 288 g/mol. The van der Waals surface area contributed by atoms with E-state index in [4.69, 9.17) is 0 Å². The van der Waals surface area contributed by atoms with Gasteiger partial charge in [0.2, 0.25) is 5.71 Å². The van der Waals surface area contributed by atoms with Crippen LogP contribution in [0.4, 0.5) is 0 Å². The second-order valence-electron chi connectivity index (χ2n) is 5.06. The summed E-state index contributed by atoms with van der Waals surface area (Å²) < 4.78 is 0.929. The van der Waals surface area contributed by atoms with Gasteiger partial charge in [0.1, 0.15) is 6.04 Å². The fourth-order valence-electron chi connectivity index (χ4n) is 2.72. The van der Waals surface area contributed by atoms with Gasteiger partial charge in [0, 0.05) is 12.5 Å². The smallest absolute Gasteiger partial charge is 0.283 e. The zero-order chi connectivity index (χ0) is 14.3. The summed E-state index contributed by atoms with van der Waals surface area (Å²) in [6.45, 7) is 3.59. The van der Waals surface area contributed by atoms with Crippen LogP contribution in [0.5, 0.6) is 0 Å². The van der Waals surface area contributed by atoms with E-state index in [0.717, 1.165) is 20.2 Å². The number of hydrogen-bond acceptors (Lipinski definition) is 4. The molecule has 0 saturated heterocycles. The summed E-state index contributed by atoms with van der Waals surface area (Å²) in [7, 11) is 0. The topological polar surface area (TPSA) is 49.5 Å². The average molecular weight is 288 g/mol. The maximum absolute atomic E-state index is 12.8. The lowest BCUT2D eigenvalue weighted by Gasteiger charge is -2.28. The van der Waals surface area contributed by atoms with E-state index < -0.39 is 5.66 Å². The Labute approximate surface area is 121 Å². The van der Waals surface area contributed by atoms with Crippen LogP contribution in [0.2, 0.25) is 0 Å². The molecule has 104 valence electrons. The number of rotatable bonds is 2. The minimum absolute atomic E-state index is 0.359. The Bertz CT molecular complexity index is 639. The van der Waals surface area contributed by atoms with Gasteiger partial charge in [-0.25, -0.2) is 0 Å². The van der Waals surface area contributed by atoms with E-state index >= 15 is 0 Å². The van der Waals surface area contributed by atoms with E-state index in [1.165, 1.54) is 11.3 Å². The van der Waals surface area contributed by atoms with Crippen molar-refractivity contribution in [2.75, 3.05) is 0 Å². The molecule has 0 saturated carbocycles. The van der Waals surface area contributed by atoms with Gasteiger partial charge in [0.15, 0.2) is 0 Å². The number of nitrogens with zero attached hydrogens (tertiary/aromatic N) is 2. The molecule has 2 aromatic rings. The maximum atomic E-state index is 12.8. The van der Waals surface area contributed by atoms with Crippen molar-refractivity contribution in [1.82, 2.24) is 5.06 Å². The Balaban J connectivity index is 2.17. The first kappa shape index (κ1) is 13.3. The maximum Gasteiger partial charge on any atom is 0.283 e. The molecule has 1 aromatic carbocycles. The van der Waals surface area contributed by atoms with Crippen molar-refractivity contribution in [1.29, 1.82) is 0 Å². The van der Waals surface area contributed by atoms with E-state index in [9.17, 15) is 10.4 Å². The standard InChI is InChI=1S/C15H16N2O2S/c1-11-14(12-7-4-3-5-8-12)17(19)15(2,16(11)18)13-9-6-10-20-13/h3-11,18H,1-2H3/t11-,15-/m1/s1. The van der Waals surface area contributed by atoms with E-state index in [0.29, 0.717) is 5.71 Å². The SMILES string of the molecule is C[C@@H]1C(c2ccccc2)=[N+]([O-])[C@](C)(c2cccs2)N1O. The molecule has 0 radical (unpaired) electrons. The van der Waals surface area contributed by atoms with Gasteiger partial charge in [-0.05, 0) is 30.5 Å². The van der Waals surface area contributed by atoms with Crippen molar-refractivity contribution in [2.45, 2.75) is 25.6 Å². The summed E-state index contributed by atoms with van der Waals surface area (Å²) in [5.74, 6) is 0. The molecule has 1 aromatic heterocycles. The molecule has 1 aliphatic heterocycles. The van der Waals surface area contributed by atoms with Crippen LogP contribution in [0.15, 0.2) is 47.8 Å². The molecule has 1 aliphatic rings. The van der Waals surface area contributed by atoms with Crippen LogP contribution in [-0.4, -0.2) is 26.8 Å². The van der Waals surface area contributed by atoms with E-state index in [-0.39, 0.29) is 6.04 Å². The van der Waals surface area contributed by atoms with Crippen molar-refractivity contribution >= 4 is 17.0 Å². The third-order valence-electron chi connectivity index (χ3n) is 3.88. The molecule has 0 fully saturated rings. The van der Waals surface area contributed by atoms with Gasteiger partial charge in [-0.1, -0.05) is 24.3 Å². The Kier molecular flexibility index (Phi) is 3.12. The van der Waals surface area contributed by atoms with Gasteiger partial charge in [-0.15, -0.1) is 16.4 Å². The molecule has 0 bridgehead atoms. The quantitative estimate of drug-likeness (QED) is 0.682. The van der Waals surface area contributed by atoms with E-state index in [1.54, 1.807) is 6.92 Å². The summed E-state index contributed by atoms with van der Waals surface area (Å²) in [5, 5.41) is 26.4. The van der Waals surface area contributed by atoms with Gasteiger partial charge < -0.3 is 10.4 Å². The fourth-order valence-corrected chi connectivity index (χ4v) is 3.58. The third-order valence-corrected chi connectivity index (χ3v) is 4.95. The third kappa shape index (κ3) is 1.71. The van der Waals surface area contributed by atoms with Crippen LogP contribution in [0.25, 0.3) is 0 Å². The molecule has 0 aliphatic carbocycles.